The molecular weight excluding hydrogens is 320 g/mol. The highest BCUT2D eigenvalue weighted by atomic mass is 16.5. The van der Waals surface area contributed by atoms with Crippen molar-refractivity contribution in [3.05, 3.63) is 71.4 Å². The van der Waals surface area contributed by atoms with Gasteiger partial charge in [-0.15, -0.1) is 0 Å². The predicted octanol–water partition coefficient (Wildman–Crippen LogP) is 3.28. The molecule has 6 nitrogen and oxygen atoms in total. The number of esters is 1. The zero-order valence-electron chi connectivity index (χ0n) is 13.9. The highest BCUT2D eigenvalue weighted by Crippen LogP contribution is 2.30. The number of methoxy groups -OCH3 is 1. The van der Waals surface area contributed by atoms with Gasteiger partial charge in [0.25, 0.3) is 0 Å². The minimum atomic E-state index is -0.611. The summed E-state index contributed by atoms with van der Waals surface area (Å²) >= 11 is 0. The summed E-state index contributed by atoms with van der Waals surface area (Å²) in [5, 5.41) is 5.35. The van der Waals surface area contributed by atoms with Gasteiger partial charge in [-0.25, -0.2) is 9.59 Å². The highest BCUT2D eigenvalue weighted by molar-refractivity contribution is 5.94. The van der Waals surface area contributed by atoms with Crippen LogP contribution >= 0.6 is 0 Å². The van der Waals surface area contributed by atoms with E-state index in [-0.39, 0.29) is 6.03 Å². The first kappa shape index (κ1) is 16.6. The van der Waals surface area contributed by atoms with Crippen molar-refractivity contribution < 1.29 is 19.1 Å². The van der Waals surface area contributed by atoms with Gasteiger partial charge in [-0.2, -0.15) is 0 Å². The van der Waals surface area contributed by atoms with Crippen LogP contribution in [0.25, 0.3) is 0 Å². The summed E-state index contributed by atoms with van der Waals surface area (Å²) in [5.41, 5.74) is 1.55. The maximum atomic E-state index is 12.1. The Bertz CT molecular complexity index is 830. The fourth-order valence-electron chi connectivity index (χ4n) is 2.71. The van der Waals surface area contributed by atoms with Gasteiger partial charge in [0.2, 0.25) is 0 Å². The van der Waals surface area contributed by atoms with E-state index in [1.165, 1.54) is 7.11 Å². The molecule has 2 N–H and O–H groups in total. The normalized spacial score (nSPS) is 16.7. The summed E-state index contributed by atoms with van der Waals surface area (Å²) in [6.45, 7) is 1.67. The third kappa shape index (κ3) is 3.63. The minimum absolute atomic E-state index is 0.360. The van der Waals surface area contributed by atoms with Crippen molar-refractivity contribution in [2.24, 2.45) is 0 Å². The van der Waals surface area contributed by atoms with Crippen LogP contribution in [0.4, 0.5) is 4.79 Å². The molecule has 1 aliphatic rings. The van der Waals surface area contributed by atoms with Gasteiger partial charge in [0.15, 0.2) is 0 Å². The number of carbonyl (C=O) groups is 2. The third-order valence-electron chi connectivity index (χ3n) is 3.84. The molecule has 128 valence electrons. The van der Waals surface area contributed by atoms with Gasteiger partial charge in [-0.3, -0.25) is 0 Å². The maximum absolute atomic E-state index is 12.1. The molecule has 2 amide bonds. The Kier molecular flexibility index (Phi) is 4.70. The molecule has 1 unspecified atom stereocenters. The Morgan fingerprint density at radius 1 is 1.04 bits per heavy atom. The van der Waals surface area contributed by atoms with E-state index in [9.17, 15) is 9.59 Å². The van der Waals surface area contributed by atoms with E-state index in [4.69, 9.17) is 9.47 Å². The number of hydrogen-bond acceptors (Lipinski definition) is 4. The van der Waals surface area contributed by atoms with Crippen molar-refractivity contribution in [3.63, 3.8) is 0 Å². The number of benzene rings is 2. The standard InChI is InChI=1S/C19H18N2O4/c1-12-16(18(22)24-2)17(21-19(23)20-12)13-7-6-10-15(11-13)25-14-8-4-3-5-9-14/h3-11,17H,1-2H3,(H2,20,21,23). The van der Waals surface area contributed by atoms with Gasteiger partial charge in [0.1, 0.15) is 11.5 Å². The molecule has 2 aromatic carbocycles. The second-order valence-corrected chi connectivity index (χ2v) is 5.55. The Morgan fingerprint density at radius 2 is 1.76 bits per heavy atom. The maximum Gasteiger partial charge on any atom is 0.337 e. The fourth-order valence-corrected chi connectivity index (χ4v) is 2.71. The minimum Gasteiger partial charge on any atom is -0.466 e. The second-order valence-electron chi connectivity index (χ2n) is 5.55. The summed E-state index contributed by atoms with van der Waals surface area (Å²) < 4.78 is 10.7. The average Bonchev–Trinajstić information content (AvgIpc) is 2.61. The number of urea groups is 1. The average molecular weight is 338 g/mol. The number of ether oxygens (including phenoxy) is 2. The number of carbonyl (C=O) groups excluding carboxylic acids is 2. The summed E-state index contributed by atoms with van der Waals surface area (Å²) in [6.07, 6.45) is 0. The molecule has 0 spiro atoms. The van der Waals surface area contributed by atoms with Crippen LogP contribution < -0.4 is 15.4 Å². The van der Waals surface area contributed by atoms with Crippen molar-refractivity contribution in [1.29, 1.82) is 0 Å². The van der Waals surface area contributed by atoms with E-state index in [0.717, 1.165) is 5.56 Å². The van der Waals surface area contributed by atoms with E-state index >= 15 is 0 Å². The molecule has 25 heavy (non-hydrogen) atoms. The first-order valence-corrected chi connectivity index (χ1v) is 7.78. The van der Waals surface area contributed by atoms with Gasteiger partial charge in [0, 0.05) is 5.70 Å². The molecule has 0 aromatic heterocycles. The zero-order valence-corrected chi connectivity index (χ0v) is 13.9. The Morgan fingerprint density at radius 3 is 2.48 bits per heavy atom. The lowest BCUT2D eigenvalue weighted by molar-refractivity contribution is -0.136. The molecule has 0 fully saturated rings. The second kappa shape index (κ2) is 7.09. The predicted molar refractivity (Wildman–Crippen MR) is 92.1 cm³/mol. The summed E-state index contributed by atoms with van der Waals surface area (Å²) in [6, 6.07) is 15.6. The summed E-state index contributed by atoms with van der Waals surface area (Å²) in [7, 11) is 1.31. The summed E-state index contributed by atoms with van der Waals surface area (Å²) in [5.74, 6) is 0.816. The molecule has 3 rings (SSSR count). The Hall–Kier alpha value is -3.28. The van der Waals surface area contributed by atoms with Gasteiger partial charge in [-0.1, -0.05) is 30.3 Å². The number of para-hydroxylation sites is 1. The van der Waals surface area contributed by atoms with Crippen molar-refractivity contribution in [1.82, 2.24) is 10.6 Å². The largest absolute Gasteiger partial charge is 0.466 e. The van der Waals surface area contributed by atoms with Crippen molar-refractivity contribution in [3.8, 4) is 11.5 Å². The quantitative estimate of drug-likeness (QED) is 0.839. The molecule has 0 radical (unpaired) electrons. The molecule has 6 heteroatoms. The van der Waals surface area contributed by atoms with Crippen LogP contribution in [0.3, 0.4) is 0 Å². The first-order chi connectivity index (χ1) is 12.1. The highest BCUT2D eigenvalue weighted by Gasteiger charge is 2.31. The van der Waals surface area contributed by atoms with Crippen LogP contribution in [0.15, 0.2) is 65.9 Å². The molecule has 1 heterocycles. The monoisotopic (exact) mass is 338 g/mol. The van der Waals surface area contributed by atoms with Crippen LogP contribution in [0.5, 0.6) is 11.5 Å². The van der Waals surface area contributed by atoms with E-state index < -0.39 is 12.0 Å². The van der Waals surface area contributed by atoms with Crippen LogP contribution in [0, 0.1) is 0 Å². The SMILES string of the molecule is COC(=O)C1=C(C)NC(=O)NC1c1cccc(Oc2ccccc2)c1. The molecule has 0 saturated carbocycles. The smallest absolute Gasteiger partial charge is 0.337 e. The first-order valence-electron chi connectivity index (χ1n) is 7.78. The van der Waals surface area contributed by atoms with Gasteiger partial charge < -0.3 is 20.1 Å². The molecule has 0 aliphatic carbocycles. The lowest BCUT2D eigenvalue weighted by Crippen LogP contribution is -2.45. The summed E-state index contributed by atoms with van der Waals surface area (Å²) in [4.78, 5) is 24.0. The number of hydrogen-bond donors (Lipinski definition) is 2. The van der Waals surface area contributed by atoms with Crippen molar-refractivity contribution >= 4 is 12.0 Å². The van der Waals surface area contributed by atoms with Crippen molar-refractivity contribution in [2.45, 2.75) is 13.0 Å². The number of nitrogens with one attached hydrogen (secondary N) is 2. The molecule has 0 bridgehead atoms. The number of allylic oxidation sites excluding steroid dienone is 1. The number of amides is 2. The van der Waals surface area contributed by atoms with E-state index in [0.29, 0.717) is 22.8 Å². The van der Waals surface area contributed by atoms with Gasteiger partial charge in [0.05, 0.1) is 18.7 Å². The van der Waals surface area contributed by atoms with Gasteiger partial charge in [-0.05, 0) is 36.8 Å². The van der Waals surface area contributed by atoms with E-state index in [2.05, 4.69) is 10.6 Å². The Balaban J connectivity index is 1.94. The molecule has 1 atom stereocenters. The lowest BCUT2D eigenvalue weighted by Gasteiger charge is -2.28. The van der Waals surface area contributed by atoms with Crippen LogP contribution in [0.2, 0.25) is 0 Å². The fraction of sp³-hybridized carbons (Fsp3) is 0.158. The van der Waals surface area contributed by atoms with Crippen LogP contribution in [-0.4, -0.2) is 19.1 Å². The molecule has 1 aliphatic heterocycles. The van der Waals surface area contributed by atoms with Crippen LogP contribution in [0.1, 0.15) is 18.5 Å². The van der Waals surface area contributed by atoms with Crippen LogP contribution in [-0.2, 0) is 9.53 Å². The third-order valence-corrected chi connectivity index (χ3v) is 3.84. The molecular formula is C19H18N2O4. The lowest BCUT2D eigenvalue weighted by atomic mass is 9.95. The number of rotatable bonds is 4. The topological polar surface area (TPSA) is 76.7 Å². The van der Waals surface area contributed by atoms with E-state index in [1.54, 1.807) is 13.0 Å². The Labute approximate surface area is 145 Å². The zero-order chi connectivity index (χ0) is 17.8. The van der Waals surface area contributed by atoms with E-state index in [1.807, 2.05) is 48.5 Å². The molecule has 0 saturated heterocycles. The van der Waals surface area contributed by atoms with Crippen molar-refractivity contribution in [2.75, 3.05) is 7.11 Å². The van der Waals surface area contributed by atoms with Gasteiger partial charge >= 0.3 is 12.0 Å². The molecule has 2 aromatic rings.